The van der Waals surface area contributed by atoms with Crippen LogP contribution in [0.3, 0.4) is 0 Å². The molecule has 1 saturated heterocycles. The first-order valence-corrected chi connectivity index (χ1v) is 9.68. The zero-order chi connectivity index (χ0) is 18.6. The van der Waals surface area contributed by atoms with Gasteiger partial charge in [-0.15, -0.1) is 11.3 Å². The van der Waals surface area contributed by atoms with E-state index in [4.69, 9.17) is 0 Å². The smallest absolute Gasteiger partial charge is 0.263 e. The Bertz CT molecular complexity index is 930. The maximum atomic E-state index is 13.5. The van der Waals surface area contributed by atoms with Crippen LogP contribution in [0, 0.1) is 5.82 Å². The molecule has 1 fully saturated rings. The van der Waals surface area contributed by atoms with Gasteiger partial charge in [0, 0.05) is 42.8 Å². The summed E-state index contributed by atoms with van der Waals surface area (Å²) in [7, 11) is 0. The van der Waals surface area contributed by atoms with Gasteiger partial charge in [0.05, 0.1) is 6.20 Å². The number of hydrogen-bond donors (Lipinski definition) is 1. The minimum atomic E-state index is -0.244. The molecule has 27 heavy (non-hydrogen) atoms. The highest BCUT2D eigenvalue weighted by Gasteiger charge is 2.23. The zero-order valence-electron chi connectivity index (χ0n) is 14.6. The summed E-state index contributed by atoms with van der Waals surface area (Å²) in [6.45, 7) is 1.54. The van der Waals surface area contributed by atoms with Crippen molar-refractivity contribution in [1.82, 2.24) is 15.3 Å². The maximum absolute atomic E-state index is 13.5. The van der Waals surface area contributed by atoms with Crippen LogP contribution in [0.25, 0.3) is 10.6 Å². The number of nitrogens with one attached hydrogen (secondary N) is 1. The molecule has 1 N–H and O–H groups in total. The van der Waals surface area contributed by atoms with Gasteiger partial charge in [-0.3, -0.25) is 9.78 Å². The molecule has 1 aliphatic heterocycles. The minimum Gasteiger partial charge on any atom is -0.369 e. The molecule has 1 unspecified atom stereocenters. The lowest BCUT2D eigenvalue weighted by Crippen LogP contribution is -2.47. The largest absolute Gasteiger partial charge is 0.369 e. The topological polar surface area (TPSA) is 58.1 Å². The summed E-state index contributed by atoms with van der Waals surface area (Å²) in [5.41, 5.74) is 1.80. The average Bonchev–Trinajstić information content (AvgIpc) is 3.19. The summed E-state index contributed by atoms with van der Waals surface area (Å²) in [4.78, 5) is 23.7. The quantitative estimate of drug-likeness (QED) is 0.747. The predicted octanol–water partition coefficient (Wildman–Crippen LogP) is 3.74. The Labute approximate surface area is 160 Å². The second kappa shape index (κ2) is 7.84. The molecule has 1 amide bonds. The summed E-state index contributed by atoms with van der Waals surface area (Å²) < 4.78 is 13.5. The van der Waals surface area contributed by atoms with Crippen LogP contribution in [0.15, 0.2) is 55.0 Å². The SMILES string of the molecule is O=C(NC1CCCN(c2cccc(F)c2)C1)c1cnc(-c2ccncc2)s1. The number of hydrogen-bond acceptors (Lipinski definition) is 5. The molecule has 0 bridgehead atoms. The Morgan fingerprint density at radius 1 is 1.26 bits per heavy atom. The molecule has 2 aromatic heterocycles. The van der Waals surface area contributed by atoms with Crippen LogP contribution >= 0.6 is 11.3 Å². The third-order valence-electron chi connectivity index (χ3n) is 4.59. The van der Waals surface area contributed by atoms with Crippen molar-refractivity contribution in [2.24, 2.45) is 0 Å². The normalized spacial score (nSPS) is 16.9. The number of benzene rings is 1. The molecule has 1 atom stereocenters. The van der Waals surface area contributed by atoms with E-state index in [1.807, 2.05) is 18.2 Å². The van der Waals surface area contributed by atoms with Gasteiger partial charge in [0.1, 0.15) is 15.7 Å². The summed E-state index contributed by atoms with van der Waals surface area (Å²) >= 11 is 1.37. The van der Waals surface area contributed by atoms with E-state index in [9.17, 15) is 9.18 Å². The van der Waals surface area contributed by atoms with E-state index in [1.54, 1.807) is 24.7 Å². The number of pyridine rings is 1. The van der Waals surface area contributed by atoms with Gasteiger partial charge >= 0.3 is 0 Å². The fraction of sp³-hybridized carbons (Fsp3) is 0.250. The van der Waals surface area contributed by atoms with Crippen molar-refractivity contribution in [3.63, 3.8) is 0 Å². The average molecular weight is 382 g/mol. The van der Waals surface area contributed by atoms with Crippen LogP contribution in [-0.2, 0) is 0 Å². The first kappa shape index (κ1) is 17.6. The number of carbonyl (C=O) groups excluding carboxylic acids is 1. The van der Waals surface area contributed by atoms with Gasteiger partial charge in [0.2, 0.25) is 0 Å². The lowest BCUT2D eigenvalue weighted by Gasteiger charge is -2.34. The van der Waals surface area contributed by atoms with Crippen molar-refractivity contribution in [3.8, 4) is 10.6 Å². The number of halogens is 1. The number of thiazole rings is 1. The molecule has 1 aromatic carbocycles. The van der Waals surface area contributed by atoms with Crippen LogP contribution in [0.5, 0.6) is 0 Å². The number of piperidine rings is 1. The van der Waals surface area contributed by atoms with E-state index in [2.05, 4.69) is 20.2 Å². The van der Waals surface area contributed by atoms with E-state index in [0.717, 1.165) is 35.6 Å². The standard InChI is InChI=1S/C20H19FN4OS/c21-15-3-1-5-17(11-15)25-10-2-4-16(13-25)24-19(26)18-12-23-20(27-18)14-6-8-22-9-7-14/h1,3,5-9,11-12,16H,2,4,10,13H2,(H,24,26). The van der Waals surface area contributed by atoms with Crippen molar-refractivity contribution in [2.75, 3.05) is 18.0 Å². The number of nitrogens with zero attached hydrogens (tertiary/aromatic N) is 3. The first-order chi connectivity index (χ1) is 13.2. The highest BCUT2D eigenvalue weighted by molar-refractivity contribution is 7.16. The number of amides is 1. The van der Waals surface area contributed by atoms with E-state index >= 15 is 0 Å². The highest BCUT2D eigenvalue weighted by Crippen LogP contribution is 2.25. The van der Waals surface area contributed by atoms with E-state index in [0.29, 0.717) is 11.4 Å². The second-order valence-electron chi connectivity index (χ2n) is 6.50. The second-order valence-corrected chi connectivity index (χ2v) is 7.53. The molecule has 4 rings (SSSR count). The highest BCUT2D eigenvalue weighted by atomic mass is 32.1. The van der Waals surface area contributed by atoms with Gasteiger partial charge in [-0.25, -0.2) is 9.37 Å². The summed E-state index contributed by atoms with van der Waals surface area (Å²) in [5, 5.41) is 3.90. The van der Waals surface area contributed by atoms with Crippen molar-refractivity contribution >= 4 is 22.9 Å². The van der Waals surface area contributed by atoms with Crippen LogP contribution in [0.1, 0.15) is 22.5 Å². The van der Waals surface area contributed by atoms with Crippen LogP contribution in [0.4, 0.5) is 10.1 Å². The molecule has 3 aromatic rings. The molecule has 3 heterocycles. The summed E-state index contributed by atoms with van der Waals surface area (Å²) in [5.74, 6) is -0.356. The van der Waals surface area contributed by atoms with Crippen molar-refractivity contribution in [1.29, 1.82) is 0 Å². The predicted molar refractivity (Wildman–Crippen MR) is 104 cm³/mol. The summed E-state index contributed by atoms with van der Waals surface area (Å²) in [6, 6.07) is 10.4. The number of carbonyl (C=O) groups is 1. The van der Waals surface area contributed by atoms with Gasteiger partial charge in [-0.2, -0.15) is 0 Å². The monoisotopic (exact) mass is 382 g/mol. The lowest BCUT2D eigenvalue weighted by atomic mass is 10.0. The number of anilines is 1. The van der Waals surface area contributed by atoms with E-state index in [1.165, 1.54) is 23.5 Å². The Balaban J connectivity index is 1.41. The first-order valence-electron chi connectivity index (χ1n) is 8.86. The molecular formula is C20H19FN4OS. The Morgan fingerprint density at radius 2 is 2.11 bits per heavy atom. The van der Waals surface area contributed by atoms with Gasteiger partial charge in [-0.05, 0) is 43.2 Å². The molecule has 7 heteroatoms. The third-order valence-corrected chi connectivity index (χ3v) is 5.63. The molecule has 138 valence electrons. The molecular weight excluding hydrogens is 363 g/mol. The maximum Gasteiger partial charge on any atom is 0.263 e. The zero-order valence-corrected chi connectivity index (χ0v) is 15.5. The fourth-order valence-electron chi connectivity index (χ4n) is 3.27. The van der Waals surface area contributed by atoms with Gasteiger partial charge in [0.15, 0.2) is 0 Å². The molecule has 0 radical (unpaired) electrons. The third kappa shape index (κ3) is 4.14. The van der Waals surface area contributed by atoms with E-state index < -0.39 is 0 Å². The Hall–Kier alpha value is -2.80. The van der Waals surface area contributed by atoms with Gasteiger partial charge < -0.3 is 10.2 Å². The van der Waals surface area contributed by atoms with Crippen LogP contribution < -0.4 is 10.2 Å². The van der Waals surface area contributed by atoms with Crippen molar-refractivity contribution in [3.05, 3.63) is 65.7 Å². The molecule has 5 nitrogen and oxygen atoms in total. The number of aromatic nitrogens is 2. The molecule has 0 saturated carbocycles. The van der Waals surface area contributed by atoms with Gasteiger partial charge in [-0.1, -0.05) is 6.07 Å². The molecule has 0 aliphatic carbocycles. The molecule has 0 spiro atoms. The number of rotatable bonds is 4. The van der Waals surface area contributed by atoms with Crippen LogP contribution in [0.2, 0.25) is 0 Å². The van der Waals surface area contributed by atoms with Crippen molar-refractivity contribution in [2.45, 2.75) is 18.9 Å². The lowest BCUT2D eigenvalue weighted by molar-refractivity contribution is 0.0937. The molecule has 1 aliphatic rings. The van der Waals surface area contributed by atoms with Gasteiger partial charge in [0.25, 0.3) is 5.91 Å². The Kier molecular flexibility index (Phi) is 5.11. The summed E-state index contributed by atoms with van der Waals surface area (Å²) in [6.07, 6.45) is 6.89. The Morgan fingerprint density at radius 3 is 2.93 bits per heavy atom. The van der Waals surface area contributed by atoms with E-state index in [-0.39, 0.29) is 17.8 Å². The fourth-order valence-corrected chi connectivity index (χ4v) is 4.09. The van der Waals surface area contributed by atoms with Crippen LogP contribution in [-0.4, -0.2) is 35.0 Å². The minimum absolute atomic E-state index is 0.0287. The van der Waals surface area contributed by atoms with Crippen molar-refractivity contribution < 1.29 is 9.18 Å².